The van der Waals surface area contributed by atoms with Crippen molar-refractivity contribution in [2.45, 2.75) is 225 Å². The minimum absolute atomic E-state index is 0.181. The first kappa shape index (κ1) is 62.1. The number of H-pyrrole nitrogens is 3. The molecule has 424 valence electrons. The Kier molecular flexibility index (Phi) is 19.5. The van der Waals surface area contributed by atoms with E-state index in [1.807, 2.05) is 0 Å². The van der Waals surface area contributed by atoms with Crippen LogP contribution in [0.2, 0.25) is 0 Å². The molecule has 2 aliphatic rings. The van der Waals surface area contributed by atoms with Crippen LogP contribution in [0.3, 0.4) is 0 Å². The maximum absolute atomic E-state index is 4.81. The van der Waals surface area contributed by atoms with Crippen molar-refractivity contribution < 1.29 is 0 Å². The SMILES string of the molecule is CC(C)(C)C1=Nc2cc(C(C)(C)C)ccc2C1.CC(C)(C)C1=Nc2cc(C(C)(C)C)ccc2C1.CC(C)c1ccc2cc(C(C)C)[nH]c2c1.CC(C)c1ccc2nc(C(C)C)[nH]c2c1.CC(C)c1ccc2nc(C(C)C)[nH]c2c1. The molecule has 0 aliphatic carbocycles. The first-order chi connectivity index (χ1) is 36.6. The number of hydrogen-bond donors (Lipinski definition) is 3. The number of hydrogen-bond acceptors (Lipinski definition) is 4. The van der Waals surface area contributed by atoms with Crippen molar-refractivity contribution in [1.82, 2.24) is 24.9 Å². The summed E-state index contributed by atoms with van der Waals surface area (Å²) in [6.07, 6.45) is 2.03. The summed E-state index contributed by atoms with van der Waals surface area (Å²) in [5.41, 5.74) is 22.4. The van der Waals surface area contributed by atoms with Crippen molar-refractivity contribution in [3.8, 4) is 0 Å². The van der Waals surface area contributed by atoms with Gasteiger partial charge < -0.3 is 15.0 Å². The quantitative estimate of drug-likeness (QED) is 0.155. The van der Waals surface area contributed by atoms with Crippen molar-refractivity contribution in [3.05, 3.63) is 153 Å². The van der Waals surface area contributed by atoms with Gasteiger partial charge in [-0.05, 0) is 127 Å². The molecule has 5 aromatic carbocycles. The molecule has 0 saturated heterocycles. The lowest BCUT2D eigenvalue weighted by Gasteiger charge is -2.19. The van der Waals surface area contributed by atoms with E-state index in [1.54, 1.807) is 0 Å². The van der Waals surface area contributed by atoms with E-state index in [-0.39, 0.29) is 21.7 Å². The molecule has 0 spiro atoms. The van der Waals surface area contributed by atoms with Crippen LogP contribution in [0.5, 0.6) is 0 Å². The maximum atomic E-state index is 4.81. The van der Waals surface area contributed by atoms with Gasteiger partial charge in [0.2, 0.25) is 0 Å². The number of nitrogens with zero attached hydrogens (tertiary/aromatic N) is 4. The average Bonchev–Trinajstić information content (AvgIpc) is 4.28. The predicted octanol–water partition coefficient (Wildman–Crippen LogP) is 21.4. The third kappa shape index (κ3) is 16.3. The molecule has 0 bridgehead atoms. The van der Waals surface area contributed by atoms with Gasteiger partial charge in [-0.25, -0.2) is 9.97 Å². The molecule has 5 heterocycles. The summed E-state index contributed by atoms with van der Waals surface area (Å²) in [7, 11) is 0. The van der Waals surface area contributed by atoms with Gasteiger partial charge >= 0.3 is 0 Å². The van der Waals surface area contributed by atoms with E-state index in [2.05, 4.69) is 288 Å². The lowest BCUT2D eigenvalue weighted by molar-refractivity contribution is 0.584. The molecule has 0 amide bonds. The van der Waals surface area contributed by atoms with Gasteiger partial charge in [-0.1, -0.05) is 215 Å². The third-order valence-corrected chi connectivity index (χ3v) is 15.3. The topological polar surface area (TPSA) is 97.9 Å². The molecule has 0 saturated carbocycles. The molecule has 10 rings (SSSR count). The molecule has 0 fully saturated rings. The van der Waals surface area contributed by atoms with Crippen LogP contribution in [0.15, 0.2) is 107 Å². The van der Waals surface area contributed by atoms with Gasteiger partial charge in [0, 0.05) is 58.1 Å². The summed E-state index contributed by atoms with van der Waals surface area (Å²) in [4.78, 5) is 29.0. The summed E-state index contributed by atoms with van der Waals surface area (Å²) < 4.78 is 0. The van der Waals surface area contributed by atoms with E-state index in [0.717, 1.165) is 46.6 Å². The summed E-state index contributed by atoms with van der Waals surface area (Å²) in [5, 5.41) is 1.32. The Bertz CT molecular complexity index is 3060. The van der Waals surface area contributed by atoms with Gasteiger partial charge in [0.25, 0.3) is 0 Å². The molecule has 0 atom stereocenters. The van der Waals surface area contributed by atoms with Crippen LogP contribution in [-0.2, 0) is 23.7 Å². The minimum atomic E-state index is 0.181. The van der Waals surface area contributed by atoms with Gasteiger partial charge in [0.15, 0.2) is 0 Å². The van der Waals surface area contributed by atoms with Crippen molar-refractivity contribution in [3.63, 3.8) is 0 Å². The molecule has 3 aromatic heterocycles. The van der Waals surface area contributed by atoms with E-state index in [4.69, 9.17) is 9.98 Å². The zero-order chi connectivity index (χ0) is 58.7. The van der Waals surface area contributed by atoms with E-state index in [9.17, 15) is 0 Å². The van der Waals surface area contributed by atoms with Crippen molar-refractivity contribution in [1.29, 1.82) is 0 Å². The minimum Gasteiger partial charge on any atom is -0.358 e. The van der Waals surface area contributed by atoms with Crippen LogP contribution in [0.25, 0.3) is 33.0 Å². The molecule has 2 aliphatic heterocycles. The van der Waals surface area contributed by atoms with Crippen LogP contribution in [0, 0.1) is 10.8 Å². The highest BCUT2D eigenvalue weighted by Gasteiger charge is 2.28. The fourth-order valence-electron chi connectivity index (χ4n) is 9.36. The van der Waals surface area contributed by atoms with Gasteiger partial charge in [0.05, 0.1) is 33.4 Å². The fraction of sp³-hybridized carbons (Fsp3) is 0.500. The van der Waals surface area contributed by atoms with Gasteiger partial charge in [-0.15, -0.1) is 0 Å². The summed E-state index contributed by atoms with van der Waals surface area (Å²) in [6, 6.07) is 35.4. The van der Waals surface area contributed by atoms with Gasteiger partial charge in [0.1, 0.15) is 11.6 Å². The van der Waals surface area contributed by atoms with Crippen LogP contribution in [0.1, 0.15) is 258 Å². The Morgan fingerprint density at radius 1 is 0.354 bits per heavy atom. The molecule has 8 aromatic rings. The van der Waals surface area contributed by atoms with Crippen molar-refractivity contribution in [2.24, 2.45) is 20.8 Å². The number of benzene rings is 5. The van der Waals surface area contributed by atoms with Crippen LogP contribution in [-0.4, -0.2) is 36.3 Å². The number of aliphatic imine (C=N–C) groups is 2. The molecule has 7 heteroatoms. The Hall–Kier alpha value is -6.08. The number of rotatable bonds is 6. The standard InChI is InChI=1S/2C16H23N.C14H19N.2C13H18N2/c2*1-15(2,3)12-8-7-11-9-14(16(4,5)6)17-13(11)10-12;1-9(2)11-5-6-12-8-13(10(3)4)15-14(12)7-11;2*1-8(2)10-5-6-11-12(7-10)15-13(14-11)9(3)4/h2*7-8,10H,9H2,1-6H3;5-10,15H,1-4H3;2*5-9H,1-4H3,(H,14,15). The predicted molar refractivity (Wildman–Crippen MR) is 346 cm³/mol. The van der Waals surface area contributed by atoms with Crippen LogP contribution >= 0.6 is 0 Å². The molecule has 3 N–H and O–H groups in total. The Balaban J connectivity index is 0.000000160. The first-order valence-corrected chi connectivity index (χ1v) is 29.6. The summed E-state index contributed by atoms with van der Waals surface area (Å²) >= 11 is 0. The largest absolute Gasteiger partial charge is 0.358 e. The number of imidazole rings is 2. The second-order valence-corrected chi connectivity index (χ2v) is 28.5. The highest BCUT2D eigenvalue weighted by atomic mass is 14.9. The van der Waals surface area contributed by atoms with Crippen molar-refractivity contribution in [2.75, 3.05) is 0 Å². The number of aromatic nitrogens is 5. The average molecular weight is 1060 g/mol. The highest BCUT2D eigenvalue weighted by molar-refractivity contribution is 5.98. The molecular formula is C72H101N7. The molecule has 7 nitrogen and oxygen atoms in total. The van der Waals surface area contributed by atoms with Crippen LogP contribution < -0.4 is 0 Å². The molecular weight excluding hydrogens is 963 g/mol. The van der Waals surface area contributed by atoms with Gasteiger partial charge in [-0.3, -0.25) is 9.98 Å². The van der Waals surface area contributed by atoms with E-state index >= 15 is 0 Å². The first-order valence-electron chi connectivity index (χ1n) is 29.6. The van der Waals surface area contributed by atoms with Crippen LogP contribution in [0.4, 0.5) is 11.4 Å². The monoisotopic (exact) mass is 1060 g/mol. The smallest absolute Gasteiger partial charge is 0.109 e. The zero-order valence-electron chi connectivity index (χ0n) is 53.4. The number of fused-ring (bicyclic) bond motifs is 5. The maximum Gasteiger partial charge on any atom is 0.109 e. The Morgan fingerprint density at radius 3 is 1.05 bits per heavy atom. The van der Waals surface area contributed by atoms with Crippen molar-refractivity contribution >= 4 is 55.8 Å². The number of aromatic amines is 3. The zero-order valence-corrected chi connectivity index (χ0v) is 53.4. The molecule has 0 unspecified atom stereocenters. The lowest BCUT2D eigenvalue weighted by Crippen LogP contribution is -2.19. The second kappa shape index (κ2) is 24.7. The lowest BCUT2D eigenvalue weighted by atomic mass is 9.85. The van der Waals surface area contributed by atoms with E-state index in [1.165, 1.54) is 78.3 Å². The fourth-order valence-corrected chi connectivity index (χ4v) is 9.36. The second-order valence-electron chi connectivity index (χ2n) is 28.5. The van der Waals surface area contributed by atoms with E-state index in [0.29, 0.717) is 35.5 Å². The van der Waals surface area contributed by atoms with E-state index < -0.39 is 0 Å². The highest BCUT2D eigenvalue weighted by Crippen LogP contribution is 2.38. The molecule has 79 heavy (non-hydrogen) atoms. The van der Waals surface area contributed by atoms with Gasteiger partial charge in [-0.2, -0.15) is 0 Å². The summed E-state index contributed by atoms with van der Waals surface area (Å²) in [6.45, 7) is 53.3. The third-order valence-electron chi connectivity index (χ3n) is 15.3. The summed E-state index contributed by atoms with van der Waals surface area (Å²) in [5.74, 6) is 5.37. The Labute approximate surface area is 477 Å². The Morgan fingerprint density at radius 2 is 0.722 bits per heavy atom. The number of nitrogens with one attached hydrogen (secondary N) is 3. The normalized spacial score (nSPS) is 13.5. The molecule has 0 radical (unpaired) electrons.